The summed E-state index contributed by atoms with van der Waals surface area (Å²) in [4.78, 5) is 11.3. The first-order valence-electron chi connectivity index (χ1n) is 11.5. The summed E-state index contributed by atoms with van der Waals surface area (Å²) >= 11 is 0. The van der Waals surface area contributed by atoms with Gasteiger partial charge in [-0.25, -0.2) is 4.39 Å². The number of amides is 1. The van der Waals surface area contributed by atoms with Crippen molar-refractivity contribution in [3.8, 4) is 16.9 Å². The maximum absolute atomic E-state index is 14.0. The Morgan fingerprint density at radius 2 is 1.82 bits per heavy atom. The summed E-state index contributed by atoms with van der Waals surface area (Å²) < 4.78 is 38.3. The highest BCUT2D eigenvalue weighted by Gasteiger charge is 2.58. The number of aliphatic hydroxyl groups excluding tert-OH is 1. The summed E-state index contributed by atoms with van der Waals surface area (Å²) in [6.07, 6.45) is -2.38. The summed E-state index contributed by atoms with van der Waals surface area (Å²) in [5, 5.41) is 13.5. The molecule has 0 bridgehead atoms. The Hall–Kier alpha value is -2.52. The molecule has 0 spiro atoms. The Balaban J connectivity index is 1.64. The predicted octanol–water partition coefficient (Wildman–Crippen LogP) is 3.57. The zero-order valence-corrected chi connectivity index (χ0v) is 20.1. The van der Waals surface area contributed by atoms with E-state index in [9.17, 15) is 14.3 Å². The van der Waals surface area contributed by atoms with Gasteiger partial charge >= 0.3 is 0 Å². The van der Waals surface area contributed by atoms with Gasteiger partial charge in [-0.05, 0) is 75.1 Å². The van der Waals surface area contributed by atoms with Gasteiger partial charge in [-0.3, -0.25) is 4.79 Å². The summed E-state index contributed by atoms with van der Waals surface area (Å²) in [7, 11) is 0. The Morgan fingerprint density at radius 1 is 1.09 bits per heavy atom. The molecule has 8 heteroatoms. The number of nitrogens with one attached hydrogen (secondary N) is 1. The summed E-state index contributed by atoms with van der Waals surface area (Å²) in [5.41, 5.74) is 1.51. The van der Waals surface area contributed by atoms with Crippen LogP contribution in [0.3, 0.4) is 0 Å². The fourth-order valence-corrected chi connectivity index (χ4v) is 4.47. The van der Waals surface area contributed by atoms with E-state index in [1.54, 1.807) is 33.8 Å². The second kappa shape index (κ2) is 9.26. The van der Waals surface area contributed by atoms with Gasteiger partial charge in [0.25, 0.3) is 0 Å². The molecule has 2 aromatic rings. The molecule has 7 nitrogen and oxygen atoms in total. The minimum atomic E-state index is -0.917. The summed E-state index contributed by atoms with van der Waals surface area (Å²) in [6.45, 7) is 9.06. The van der Waals surface area contributed by atoms with Crippen molar-refractivity contribution in [1.29, 1.82) is 0 Å². The van der Waals surface area contributed by atoms with Crippen molar-refractivity contribution in [1.82, 2.24) is 5.32 Å². The van der Waals surface area contributed by atoms with Gasteiger partial charge in [0.15, 0.2) is 11.9 Å². The van der Waals surface area contributed by atoms with Crippen molar-refractivity contribution < 1.29 is 33.2 Å². The van der Waals surface area contributed by atoms with Crippen LogP contribution in [0, 0.1) is 5.82 Å². The fourth-order valence-electron chi connectivity index (χ4n) is 4.47. The van der Waals surface area contributed by atoms with Crippen LogP contribution in [0.25, 0.3) is 11.1 Å². The van der Waals surface area contributed by atoms with E-state index < -0.39 is 36.0 Å². The summed E-state index contributed by atoms with van der Waals surface area (Å²) in [6, 6.07) is 11.9. The summed E-state index contributed by atoms with van der Waals surface area (Å²) in [5.74, 6) is -0.832. The van der Waals surface area contributed by atoms with Gasteiger partial charge in [0.2, 0.25) is 12.2 Å². The molecule has 2 heterocycles. The van der Waals surface area contributed by atoms with E-state index in [-0.39, 0.29) is 11.7 Å². The van der Waals surface area contributed by atoms with Crippen molar-refractivity contribution in [3.63, 3.8) is 0 Å². The number of aliphatic hydroxyl groups is 1. The number of fused-ring (bicyclic) bond motifs is 1. The third-order valence-electron chi connectivity index (χ3n) is 6.11. The maximum Gasteiger partial charge on any atom is 0.229 e. The molecule has 0 radical (unpaired) electrons. The van der Waals surface area contributed by atoms with E-state index in [4.69, 9.17) is 18.9 Å². The number of benzene rings is 2. The second-order valence-electron chi connectivity index (χ2n) is 9.78. The highest BCUT2D eigenvalue weighted by atomic mass is 19.1. The molecule has 34 heavy (non-hydrogen) atoms. The van der Waals surface area contributed by atoms with E-state index in [2.05, 4.69) is 5.32 Å². The molecule has 184 valence electrons. The topological polar surface area (TPSA) is 86.3 Å². The number of halogens is 1. The van der Waals surface area contributed by atoms with E-state index in [1.807, 2.05) is 24.3 Å². The van der Waals surface area contributed by atoms with Crippen LogP contribution < -0.4 is 10.1 Å². The standard InChI is InChI=1S/C26H32FNO6/c1-15(29)28-12-11-16-9-10-19(14-20(16)17-7-6-8-18(27)13-17)31-24-22-21(32-26(4,5)33-22)23(30)25(2,3)34-24/h6-10,13-14,21-24,30H,11-12H2,1-5H3,(H,28,29)/t21-,22+,23+,24+/m0/s1. The maximum atomic E-state index is 14.0. The van der Waals surface area contributed by atoms with Gasteiger partial charge in [-0.15, -0.1) is 0 Å². The molecule has 2 aliphatic rings. The molecule has 4 rings (SSSR count). The average molecular weight is 474 g/mol. The van der Waals surface area contributed by atoms with Crippen LogP contribution >= 0.6 is 0 Å². The molecule has 1 amide bonds. The Labute approximate surface area is 199 Å². The number of rotatable bonds is 6. The monoisotopic (exact) mass is 473 g/mol. The number of carbonyl (C=O) groups excluding carboxylic acids is 1. The number of ether oxygens (including phenoxy) is 4. The van der Waals surface area contributed by atoms with Gasteiger partial charge < -0.3 is 29.4 Å². The van der Waals surface area contributed by atoms with Gasteiger partial charge in [-0.1, -0.05) is 18.2 Å². The van der Waals surface area contributed by atoms with E-state index >= 15 is 0 Å². The number of carbonyl (C=O) groups is 1. The molecular formula is C26H32FNO6. The predicted molar refractivity (Wildman–Crippen MR) is 124 cm³/mol. The Kier molecular flexibility index (Phi) is 6.70. The molecule has 2 saturated heterocycles. The van der Waals surface area contributed by atoms with Gasteiger partial charge in [-0.2, -0.15) is 0 Å². The third-order valence-corrected chi connectivity index (χ3v) is 6.11. The molecule has 2 N–H and O–H groups in total. The largest absolute Gasteiger partial charge is 0.462 e. The van der Waals surface area contributed by atoms with Crippen molar-refractivity contribution in [2.24, 2.45) is 0 Å². The zero-order valence-electron chi connectivity index (χ0n) is 20.1. The molecule has 2 fully saturated rings. The van der Waals surface area contributed by atoms with Crippen LogP contribution in [-0.4, -0.2) is 53.5 Å². The third kappa shape index (κ3) is 5.25. The molecule has 0 aliphatic carbocycles. The smallest absolute Gasteiger partial charge is 0.229 e. The average Bonchev–Trinajstić information content (AvgIpc) is 3.08. The quantitative estimate of drug-likeness (QED) is 0.667. The van der Waals surface area contributed by atoms with Crippen LogP contribution in [-0.2, 0) is 25.4 Å². The molecular weight excluding hydrogens is 441 g/mol. The second-order valence-corrected chi connectivity index (χ2v) is 9.78. The first-order chi connectivity index (χ1) is 15.9. The van der Waals surface area contributed by atoms with Gasteiger partial charge in [0.05, 0.1) is 5.60 Å². The van der Waals surface area contributed by atoms with Gasteiger partial charge in [0, 0.05) is 13.5 Å². The van der Waals surface area contributed by atoms with Crippen LogP contribution in [0.4, 0.5) is 4.39 Å². The minimum absolute atomic E-state index is 0.109. The van der Waals surface area contributed by atoms with Crippen molar-refractivity contribution in [2.75, 3.05) is 6.54 Å². The lowest BCUT2D eigenvalue weighted by Crippen LogP contribution is -2.62. The molecule has 4 atom stereocenters. The SMILES string of the molecule is CC(=O)NCCc1ccc(O[C@@H]2OC(C)(C)[C@H](O)[C@H]3OC(C)(C)O[C@@H]23)cc1-c1cccc(F)c1. The Bertz CT molecular complexity index is 1060. The lowest BCUT2D eigenvalue weighted by Gasteiger charge is -2.44. The first kappa shape index (κ1) is 24.6. The van der Waals surface area contributed by atoms with E-state index in [0.717, 1.165) is 11.1 Å². The van der Waals surface area contributed by atoms with Gasteiger partial charge in [0.1, 0.15) is 23.8 Å². The van der Waals surface area contributed by atoms with E-state index in [0.29, 0.717) is 24.3 Å². The van der Waals surface area contributed by atoms with E-state index in [1.165, 1.54) is 19.1 Å². The van der Waals surface area contributed by atoms with Crippen molar-refractivity contribution >= 4 is 5.91 Å². The van der Waals surface area contributed by atoms with Crippen LogP contribution in [0.1, 0.15) is 40.2 Å². The Morgan fingerprint density at radius 3 is 2.53 bits per heavy atom. The molecule has 0 unspecified atom stereocenters. The van der Waals surface area contributed by atoms with Crippen molar-refractivity contribution in [3.05, 3.63) is 53.8 Å². The van der Waals surface area contributed by atoms with Crippen molar-refractivity contribution in [2.45, 2.75) is 77.0 Å². The van der Waals surface area contributed by atoms with Crippen LogP contribution in [0.5, 0.6) is 5.75 Å². The van der Waals surface area contributed by atoms with Crippen LogP contribution in [0.15, 0.2) is 42.5 Å². The van der Waals surface area contributed by atoms with Crippen LogP contribution in [0.2, 0.25) is 0 Å². The normalized spacial score (nSPS) is 27.1. The number of hydrogen-bond donors (Lipinski definition) is 2. The zero-order chi connectivity index (χ0) is 24.7. The highest BCUT2D eigenvalue weighted by molar-refractivity contribution is 5.73. The lowest BCUT2D eigenvalue weighted by molar-refractivity contribution is -0.278. The molecule has 0 saturated carbocycles. The minimum Gasteiger partial charge on any atom is -0.462 e. The first-order valence-corrected chi connectivity index (χ1v) is 11.5. The fraction of sp³-hybridized carbons (Fsp3) is 0.500. The highest BCUT2D eigenvalue weighted by Crippen LogP contribution is 2.42. The molecule has 2 aromatic carbocycles. The lowest BCUT2D eigenvalue weighted by atomic mass is 9.90. The molecule has 2 aliphatic heterocycles. The molecule has 0 aromatic heterocycles. The number of hydrogen-bond acceptors (Lipinski definition) is 6.